The second kappa shape index (κ2) is 2.26. The zero-order valence-corrected chi connectivity index (χ0v) is 8.99. The van der Waals surface area contributed by atoms with E-state index < -0.39 is 0 Å². The van der Waals surface area contributed by atoms with Crippen LogP contribution in [0.4, 0.5) is 4.79 Å². The first-order chi connectivity index (χ1) is 6.53. The molecule has 2 aliphatic carbocycles. The first kappa shape index (κ1) is 8.57. The lowest BCUT2D eigenvalue weighted by atomic mass is 9.81. The summed E-state index contributed by atoms with van der Waals surface area (Å²) in [6.45, 7) is 4.66. The number of hydrogen-bond donors (Lipinski definition) is 0. The maximum atomic E-state index is 11.4. The Morgan fingerprint density at radius 3 is 2.64 bits per heavy atom. The number of ether oxygens (including phenoxy) is 1. The molecule has 1 amide bonds. The van der Waals surface area contributed by atoms with Crippen molar-refractivity contribution in [3.8, 4) is 0 Å². The van der Waals surface area contributed by atoms with E-state index in [0.717, 1.165) is 0 Å². The van der Waals surface area contributed by atoms with Crippen LogP contribution in [0.2, 0.25) is 0 Å². The molecule has 1 heterocycles. The highest BCUT2D eigenvalue weighted by molar-refractivity contribution is 5.71. The molecule has 3 aliphatic rings. The van der Waals surface area contributed by atoms with Gasteiger partial charge in [0.1, 0.15) is 6.10 Å². The standard InChI is InChI=1S/C11H17NO2/c1-11(2)6-4-5-7(11)9-8(6)12(3)10(13)14-9/h6-9H,4-5H2,1-3H3. The fourth-order valence-corrected chi connectivity index (χ4v) is 4.01. The van der Waals surface area contributed by atoms with E-state index in [2.05, 4.69) is 13.8 Å². The molecule has 78 valence electrons. The predicted molar refractivity (Wildman–Crippen MR) is 51.8 cm³/mol. The number of likely N-dealkylation sites (N-methyl/N-ethyl adjacent to an activating group) is 1. The Morgan fingerprint density at radius 1 is 1.36 bits per heavy atom. The molecule has 3 heteroatoms. The van der Waals surface area contributed by atoms with Crippen LogP contribution in [0.5, 0.6) is 0 Å². The van der Waals surface area contributed by atoms with Crippen LogP contribution in [-0.2, 0) is 4.74 Å². The lowest BCUT2D eigenvalue weighted by Gasteiger charge is -2.28. The quantitative estimate of drug-likeness (QED) is 0.590. The topological polar surface area (TPSA) is 29.5 Å². The molecule has 3 nitrogen and oxygen atoms in total. The molecule has 0 radical (unpaired) electrons. The number of rotatable bonds is 0. The fourth-order valence-electron chi connectivity index (χ4n) is 4.01. The summed E-state index contributed by atoms with van der Waals surface area (Å²) in [6, 6.07) is 0.358. The number of nitrogens with zero attached hydrogens (tertiary/aromatic N) is 1. The van der Waals surface area contributed by atoms with Gasteiger partial charge in [0.15, 0.2) is 0 Å². The van der Waals surface area contributed by atoms with Gasteiger partial charge < -0.3 is 9.64 Å². The van der Waals surface area contributed by atoms with E-state index in [4.69, 9.17) is 4.74 Å². The van der Waals surface area contributed by atoms with Gasteiger partial charge in [-0.25, -0.2) is 4.79 Å². The van der Waals surface area contributed by atoms with Gasteiger partial charge in [-0.15, -0.1) is 0 Å². The lowest BCUT2D eigenvalue weighted by molar-refractivity contribution is 0.0831. The third-order valence-electron chi connectivity index (χ3n) is 4.82. The second-order valence-corrected chi connectivity index (χ2v) is 5.56. The summed E-state index contributed by atoms with van der Waals surface area (Å²) in [4.78, 5) is 13.2. The summed E-state index contributed by atoms with van der Waals surface area (Å²) in [5.74, 6) is 1.24. The molecule has 14 heavy (non-hydrogen) atoms. The fraction of sp³-hybridized carbons (Fsp3) is 0.909. The number of carbonyl (C=O) groups excluding carboxylic acids is 1. The van der Waals surface area contributed by atoms with Crippen LogP contribution in [0.25, 0.3) is 0 Å². The highest BCUT2D eigenvalue weighted by atomic mass is 16.6. The maximum absolute atomic E-state index is 11.4. The molecule has 0 N–H and O–H groups in total. The van der Waals surface area contributed by atoms with Gasteiger partial charge in [-0.2, -0.15) is 0 Å². The van der Waals surface area contributed by atoms with Crippen molar-refractivity contribution in [2.75, 3.05) is 7.05 Å². The molecule has 1 aliphatic heterocycles. The lowest BCUT2D eigenvalue weighted by Crippen LogP contribution is -2.38. The zero-order valence-electron chi connectivity index (χ0n) is 8.99. The summed E-state index contributed by atoms with van der Waals surface area (Å²) in [5.41, 5.74) is 0.365. The normalized spacial score (nSPS) is 48.2. The number of carbonyl (C=O) groups is 1. The van der Waals surface area contributed by atoms with Crippen molar-refractivity contribution in [1.29, 1.82) is 0 Å². The summed E-state index contributed by atoms with van der Waals surface area (Å²) >= 11 is 0. The first-order valence-corrected chi connectivity index (χ1v) is 5.47. The van der Waals surface area contributed by atoms with Crippen molar-refractivity contribution < 1.29 is 9.53 Å². The molecule has 4 unspecified atom stereocenters. The molecule has 1 saturated heterocycles. The van der Waals surface area contributed by atoms with E-state index in [1.54, 1.807) is 0 Å². The van der Waals surface area contributed by atoms with Gasteiger partial charge in [-0.1, -0.05) is 13.8 Å². The SMILES string of the molecule is CN1C(=O)OC2C1C1CCC2C1(C)C. The van der Waals surface area contributed by atoms with Gasteiger partial charge >= 0.3 is 6.09 Å². The highest BCUT2D eigenvalue weighted by Gasteiger charge is 2.65. The van der Waals surface area contributed by atoms with Crippen molar-refractivity contribution in [3.63, 3.8) is 0 Å². The van der Waals surface area contributed by atoms with Crippen LogP contribution in [-0.4, -0.2) is 30.2 Å². The van der Waals surface area contributed by atoms with E-state index in [1.165, 1.54) is 12.8 Å². The Labute approximate surface area is 84.4 Å². The molecule has 4 atom stereocenters. The molecule has 0 spiro atoms. The Morgan fingerprint density at radius 2 is 2.00 bits per heavy atom. The molecule has 3 fully saturated rings. The monoisotopic (exact) mass is 195 g/mol. The third-order valence-corrected chi connectivity index (χ3v) is 4.82. The molecular formula is C11H17NO2. The van der Waals surface area contributed by atoms with Crippen LogP contribution in [0, 0.1) is 17.3 Å². The minimum absolute atomic E-state index is 0.118. The van der Waals surface area contributed by atoms with Crippen LogP contribution >= 0.6 is 0 Å². The molecule has 0 aromatic carbocycles. The minimum Gasteiger partial charge on any atom is -0.444 e. The molecule has 2 saturated carbocycles. The third kappa shape index (κ3) is 0.733. The summed E-state index contributed by atoms with van der Waals surface area (Å²) in [6.07, 6.45) is 2.56. The van der Waals surface area contributed by atoms with Gasteiger partial charge in [-0.05, 0) is 24.2 Å². The number of fused-ring (bicyclic) bond motifs is 5. The molecule has 3 rings (SSSR count). The molecular weight excluding hydrogens is 178 g/mol. The van der Waals surface area contributed by atoms with Crippen LogP contribution in [0.15, 0.2) is 0 Å². The predicted octanol–water partition coefficient (Wildman–Crippen LogP) is 1.87. The Kier molecular flexibility index (Phi) is 1.38. The minimum atomic E-state index is -0.118. The van der Waals surface area contributed by atoms with Gasteiger partial charge in [0, 0.05) is 13.0 Å². The molecule has 2 bridgehead atoms. The van der Waals surface area contributed by atoms with Gasteiger partial charge in [0.2, 0.25) is 0 Å². The van der Waals surface area contributed by atoms with Crippen molar-refractivity contribution in [3.05, 3.63) is 0 Å². The number of hydrogen-bond acceptors (Lipinski definition) is 2. The van der Waals surface area contributed by atoms with Crippen molar-refractivity contribution in [1.82, 2.24) is 4.90 Å². The van der Waals surface area contributed by atoms with E-state index >= 15 is 0 Å². The maximum Gasteiger partial charge on any atom is 0.410 e. The zero-order chi connectivity index (χ0) is 10.1. The largest absolute Gasteiger partial charge is 0.444 e. The van der Waals surface area contributed by atoms with Gasteiger partial charge in [0.05, 0.1) is 6.04 Å². The highest BCUT2D eigenvalue weighted by Crippen LogP contribution is 2.61. The first-order valence-electron chi connectivity index (χ1n) is 5.47. The second-order valence-electron chi connectivity index (χ2n) is 5.56. The van der Waals surface area contributed by atoms with Crippen LogP contribution < -0.4 is 0 Å². The van der Waals surface area contributed by atoms with Crippen molar-refractivity contribution >= 4 is 6.09 Å². The van der Waals surface area contributed by atoms with Gasteiger partial charge in [-0.3, -0.25) is 0 Å². The Bertz CT molecular complexity index is 300. The van der Waals surface area contributed by atoms with E-state index in [9.17, 15) is 4.79 Å². The molecule has 0 aromatic heterocycles. The average molecular weight is 195 g/mol. The summed E-state index contributed by atoms with van der Waals surface area (Å²) in [7, 11) is 1.88. The average Bonchev–Trinajstić information content (AvgIpc) is 2.63. The van der Waals surface area contributed by atoms with Crippen molar-refractivity contribution in [2.24, 2.45) is 17.3 Å². The van der Waals surface area contributed by atoms with Crippen molar-refractivity contribution in [2.45, 2.75) is 38.8 Å². The number of amides is 1. The molecule has 0 aromatic rings. The van der Waals surface area contributed by atoms with E-state index in [1.807, 2.05) is 11.9 Å². The van der Waals surface area contributed by atoms with Crippen LogP contribution in [0.3, 0.4) is 0 Å². The smallest absolute Gasteiger partial charge is 0.410 e. The summed E-state index contributed by atoms with van der Waals surface area (Å²) in [5, 5.41) is 0. The summed E-state index contributed by atoms with van der Waals surface area (Å²) < 4.78 is 5.45. The van der Waals surface area contributed by atoms with E-state index in [-0.39, 0.29) is 12.2 Å². The Hall–Kier alpha value is -0.730. The van der Waals surface area contributed by atoms with Gasteiger partial charge in [0.25, 0.3) is 0 Å². The van der Waals surface area contributed by atoms with E-state index in [0.29, 0.717) is 23.3 Å². The van der Waals surface area contributed by atoms with Crippen LogP contribution in [0.1, 0.15) is 26.7 Å². The Balaban J connectivity index is 2.00.